The zero-order chi connectivity index (χ0) is 14.0. The van der Waals surface area contributed by atoms with Crippen LogP contribution in [-0.2, 0) is 10.0 Å². The Bertz CT molecular complexity index is 680. The number of hydrogen-bond acceptors (Lipinski definition) is 3. The highest BCUT2D eigenvalue weighted by Gasteiger charge is 2.22. The maximum absolute atomic E-state index is 13.6. The standard InChI is InChI=1S/C12H10F2N2O2S/c13-8-4-6-9(7-5-8)16-19(17,18)12-10(14)2-1-3-11(12)15/h1-7,16H,15H2. The Kier molecular flexibility index (Phi) is 3.39. The normalized spacial score (nSPS) is 11.3. The summed E-state index contributed by atoms with van der Waals surface area (Å²) in [7, 11) is -4.16. The highest BCUT2D eigenvalue weighted by atomic mass is 32.2. The molecule has 0 atom stereocenters. The van der Waals surface area contributed by atoms with E-state index < -0.39 is 26.6 Å². The maximum atomic E-state index is 13.6. The van der Waals surface area contributed by atoms with Crippen molar-refractivity contribution < 1.29 is 17.2 Å². The van der Waals surface area contributed by atoms with E-state index in [0.717, 1.165) is 18.2 Å². The summed E-state index contributed by atoms with van der Waals surface area (Å²) in [5.74, 6) is -1.46. The molecule has 7 heteroatoms. The van der Waals surface area contributed by atoms with Crippen LogP contribution in [0.25, 0.3) is 0 Å². The number of anilines is 2. The van der Waals surface area contributed by atoms with Gasteiger partial charge in [0.2, 0.25) is 0 Å². The summed E-state index contributed by atoms with van der Waals surface area (Å²) in [5.41, 5.74) is 5.38. The number of sulfonamides is 1. The van der Waals surface area contributed by atoms with Crippen LogP contribution in [0.3, 0.4) is 0 Å². The average molecular weight is 284 g/mol. The second-order valence-electron chi connectivity index (χ2n) is 3.77. The van der Waals surface area contributed by atoms with Crippen molar-refractivity contribution in [2.75, 3.05) is 10.5 Å². The van der Waals surface area contributed by atoms with Crippen LogP contribution in [0.2, 0.25) is 0 Å². The van der Waals surface area contributed by atoms with Gasteiger partial charge in [0.15, 0.2) is 0 Å². The Labute approximate surface area is 108 Å². The lowest BCUT2D eigenvalue weighted by Crippen LogP contribution is -2.16. The molecule has 0 saturated heterocycles. The molecule has 0 aromatic heterocycles. The minimum Gasteiger partial charge on any atom is -0.398 e. The fourth-order valence-electron chi connectivity index (χ4n) is 1.53. The van der Waals surface area contributed by atoms with Crippen LogP contribution >= 0.6 is 0 Å². The van der Waals surface area contributed by atoms with Gasteiger partial charge in [-0.05, 0) is 36.4 Å². The molecule has 0 bridgehead atoms. The molecule has 3 N–H and O–H groups in total. The van der Waals surface area contributed by atoms with Crippen molar-refractivity contribution in [3.63, 3.8) is 0 Å². The van der Waals surface area contributed by atoms with E-state index >= 15 is 0 Å². The fourth-order valence-corrected chi connectivity index (χ4v) is 2.78. The van der Waals surface area contributed by atoms with E-state index in [9.17, 15) is 17.2 Å². The number of rotatable bonds is 3. The Morgan fingerprint density at radius 1 is 1.00 bits per heavy atom. The van der Waals surface area contributed by atoms with Gasteiger partial charge in [-0.3, -0.25) is 4.72 Å². The van der Waals surface area contributed by atoms with E-state index in [0.29, 0.717) is 0 Å². The third kappa shape index (κ3) is 2.82. The van der Waals surface area contributed by atoms with E-state index in [1.807, 2.05) is 0 Å². The second kappa shape index (κ2) is 4.85. The van der Waals surface area contributed by atoms with Crippen LogP contribution in [0.5, 0.6) is 0 Å². The van der Waals surface area contributed by atoms with Gasteiger partial charge in [-0.1, -0.05) is 6.07 Å². The molecular weight excluding hydrogens is 274 g/mol. The van der Waals surface area contributed by atoms with Crippen molar-refractivity contribution in [1.29, 1.82) is 0 Å². The molecule has 0 heterocycles. The van der Waals surface area contributed by atoms with E-state index in [1.54, 1.807) is 0 Å². The molecule has 0 aliphatic rings. The van der Waals surface area contributed by atoms with Crippen molar-refractivity contribution in [3.05, 3.63) is 54.1 Å². The van der Waals surface area contributed by atoms with Crippen LogP contribution in [0.4, 0.5) is 20.2 Å². The van der Waals surface area contributed by atoms with E-state index in [4.69, 9.17) is 5.73 Å². The first-order chi connectivity index (χ1) is 8.90. The number of halogens is 2. The SMILES string of the molecule is Nc1cccc(F)c1S(=O)(=O)Nc1ccc(F)cc1. The monoisotopic (exact) mass is 284 g/mol. The van der Waals surface area contributed by atoms with Gasteiger partial charge < -0.3 is 5.73 Å². The number of nitrogens with one attached hydrogen (secondary N) is 1. The molecule has 0 amide bonds. The molecule has 2 aromatic carbocycles. The highest BCUT2D eigenvalue weighted by Crippen LogP contribution is 2.24. The molecule has 19 heavy (non-hydrogen) atoms. The van der Waals surface area contributed by atoms with Crippen LogP contribution < -0.4 is 10.5 Å². The maximum Gasteiger partial charge on any atom is 0.266 e. The summed E-state index contributed by atoms with van der Waals surface area (Å²) in [4.78, 5) is -0.626. The van der Waals surface area contributed by atoms with Gasteiger partial charge in [0, 0.05) is 5.69 Å². The predicted molar refractivity (Wildman–Crippen MR) is 68.0 cm³/mol. The van der Waals surface area contributed by atoms with Crippen LogP contribution in [0.1, 0.15) is 0 Å². The molecule has 100 valence electrons. The van der Waals surface area contributed by atoms with Crippen molar-refractivity contribution >= 4 is 21.4 Å². The minimum atomic E-state index is -4.16. The van der Waals surface area contributed by atoms with E-state index in [1.165, 1.54) is 24.3 Å². The van der Waals surface area contributed by atoms with Crippen molar-refractivity contribution in [2.24, 2.45) is 0 Å². The van der Waals surface area contributed by atoms with Gasteiger partial charge in [-0.15, -0.1) is 0 Å². The molecule has 0 fully saturated rings. The number of nitrogens with two attached hydrogens (primary N) is 1. The first-order valence-corrected chi connectivity index (χ1v) is 6.71. The van der Waals surface area contributed by atoms with Crippen LogP contribution in [0.15, 0.2) is 47.4 Å². The number of hydrogen-bond donors (Lipinski definition) is 2. The summed E-state index contributed by atoms with van der Waals surface area (Å²) < 4.78 is 52.4. The zero-order valence-corrected chi connectivity index (χ0v) is 10.4. The lowest BCUT2D eigenvalue weighted by atomic mass is 10.3. The van der Waals surface area contributed by atoms with E-state index in [2.05, 4.69) is 4.72 Å². The van der Waals surface area contributed by atoms with Crippen molar-refractivity contribution in [1.82, 2.24) is 0 Å². The molecule has 0 aliphatic carbocycles. The largest absolute Gasteiger partial charge is 0.398 e. The Balaban J connectivity index is 2.41. The summed E-state index contributed by atoms with van der Waals surface area (Å²) in [5, 5.41) is 0. The highest BCUT2D eigenvalue weighted by molar-refractivity contribution is 7.92. The summed E-state index contributed by atoms with van der Waals surface area (Å²) in [6.07, 6.45) is 0. The molecule has 2 rings (SSSR count). The average Bonchev–Trinajstić information content (AvgIpc) is 2.31. The van der Waals surface area contributed by atoms with Gasteiger partial charge in [0.1, 0.15) is 16.5 Å². The first kappa shape index (κ1) is 13.3. The summed E-state index contributed by atoms with van der Waals surface area (Å²) in [6, 6.07) is 8.21. The molecular formula is C12H10F2N2O2S. The Hall–Kier alpha value is -2.15. The van der Waals surface area contributed by atoms with Gasteiger partial charge >= 0.3 is 0 Å². The van der Waals surface area contributed by atoms with Gasteiger partial charge in [-0.2, -0.15) is 0 Å². The summed E-state index contributed by atoms with van der Waals surface area (Å²) >= 11 is 0. The molecule has 0 spiro atoms. The third-order valence-electron chi connectivity index (χ3n) is 2.36. The topological polar surface area (TPSA) is 72.2 Å². The van der Waals surface area contributed by atoms with Crippen LogP contribution in [0, 0.1) is 11.6 Å². The molecule has 0 radical (unpaired) electrons. The molecule has 0 unspecified atom stereocenters. The van der Waals surface area contributed by atoms with Crippen LogP contribution in [-0.4, -0.2) is 8.42 Å². The lowest BCUT2D eigenvalue weighted by Gasteiger charge is -2.10. The van der Waals surface area contributed by atoms with Gasteiger partial charge in [-0.25, -0.2) is 17.2 Å². The Morgan fingerprint density at radius 2 is 1.63 bits per heavy atom. The third-order valence-corrected chi connectivity index (χ3v) is 3.84. The predicted octanol–water partition coefficient (Wildman–Crippen LogP) is 2.35. The summed E-state index contributed by atoms with van der Waals surface area (Å²) in [6.45, 7) is 0. The first-order valence-electron chi connectivity index (χ1n) is 5.22. The fraction of sp³-hybridized carbons (Fsp3) is 0. The quantitative estimate of drug-likeness (QED) is 0.850. The Morgan fingerprint density at radius 3 is 2.21 bits per heavy atom. The number of benzene rings is 2. The van der Waals surface area contributed by atoms with Gasteiger partial charge in [0.05, 0.1) is 5.69 Å². The van der Waals surface area contributed by atoms with Crippen molar-refractivity contribution in [3.8, 4) is 0 Å². The molecule has 2 aromatic rings. The smallest absolute Gasteiger partial charge is 0.266 e. The second-order valence-corrected chi connectivity index (χ2v) is 5.39. The van der Waals surface area contributed by atoms with Crippen molar-refractivity contribution in [2.45, 2.75) is 4.90 Å². The minimum absolute atomic E-state index is 0.115. The number of nitrogen functional groups attached to an aromatic ring is 1. The molecule has 0 saturated carbocycles. The lowest BCUT2D eigenvalue weighted by molar-refractivity contribution is 0.571. The molecule has 0 aliphatic heterocycles. The van der Waals surface area contributed by atoms with E-state index in [-0.39, 0.29) is 11.4 Å². The van der Waals surface area contributed by atoms with Gasteiger partial charge in [0.25, 0.3) is 10.0 Å². The molecule has 4 nitrogen and oxygen atoms in total. The zero-order valence-electron chi connectivity index (χ0n) is 9.60.